The third-order valence-corrected chi connectivity index (χ3v) is 3.40. The largest absolute Gasteiger partial charge is 0.351 e. The molecule has 7 heteroatoms. The summed E-state index contributed by atoms with van der Waals surface area (Å²) >= 11 is 0. The number of carbonyl (C=O) groups is 1. The van der Waals surface area contributed by atoms with E-state index in [1.54, 1.807) is 29.0 Å². The van der Waals surface area contributed by atoms with Crippen molar-refractivity contribution in [1.82, 2.24) is 29.7 Å². The van der Waals surface area contributed by atoms with Gasteiger partial charge in [0.05, 0.1) is 5.69 Å². The first-order chi connectivity index (χ1) is 10.6. The highest BCUT2D eigenvalue weighted by molar-refractivity contribution is 5.93. The van der Waals surface area contributed by atoms with Gasteiger partial charge in [-0.3, -0.25) is 9.48 Å². The van der Waals surface area contributed by atoms with Crippen LogP contribution in [0.1, 0.15) is 28.3 Å². The summed E-state index contributed by atoms with van der Waals surface area (Å²) in [5, 5.41) is 11.5. The summed E-state index contributed by atoms with van der Waals surface area (Å²) in [4.78, 5) is 16.2. The van der Waals surface area contributed by atoms with E-state index in [2.05, 4.69) is 20.5 Å². The molecule has 0 aliphatic carbocycles. The van der Waals surface area contributed by atoms with Crippen molar-refractivity contribution in [2.24, 2.45) is 0 Å². The average Bonchev–Trinajstić information content (AvgIpc) is 3.06. The maximum atomic E-state index is 12.1. The van der Waals surface area contributed by atoms with Gasteiger partial charge in [0.1, 0.15) is 0 Å². The van der Waals surface area contributed by atoms with E-state index in [4.69, 9.17) is 0 Å². The fourth-order valence-electron chi connectivity index (χ4n) is 2.36. The van der Waals surface area contributed by atoms with Crippen LogP contribution >= 0.6 is 0 Å². The zero-order valence-corrected chi connectivity index (χ0v) is 12.7. The molecule has 0 aromatic carbocycles. The lowest BCUT2D eigenvalue weighted by Crippen LogP contribution is -2.25. The molecule has 0 saturated heterocycles. The molecular formula is C15H18N6O. The number of hydrogen-bond acceptors (Lipinski definition) is 4. The molecule has 0 spiro atoms. The van der Waals surface area contributed by atoms with E-state index in [0.717, 1.165) is 24.4 Å². The fourth-order valence-corrected chi connectivity index (χ4v) is 2.36. The molecule has 3 heterocycles. The van der Waals surface area contributed by atoms with Crippen molar-refractivity contribution < 1.29 is 4.79 Å². The molecular weight excluding hydrogens is 280 g/mol. The van der Waals surface area contributed by atoms with Crippen molar-refractivity contribution >= 4 is 11.6 Å². The van der Waals surface area contributed by atoms with Gasteiger partial charge in [-0.1, -0.05) is 0 Å². The van der Waals surface area contributed by atoms with E-state index in [1.165, 1.54) is 0 Å². The second-order valence-corrected chi connectivity index (χ2v) is 5.21. The van der Waals surface area contributed by atoms with Crippen LogP contribution in [0.4, 0.5) is 0 Å². The molecule has 7 nitrogen and oxygen atoms in total. The Morgan fingerprint density at radius 3 is 2.86 bits per heavy atom. The SMILES string of the molecule is Cc1cc(C)n(CCCNC(=O)c2cc3ncccn3n2)n1. The van der Waals surface area contributed by atoms with Crippen LogP contribution in [-0.4, -0.2) is 36.8 Å². The number of hydrogen-bond donors (Lipinski definition) is 1. The van der Waals surface area contributed by atoms with Gasteiger partial charge in [0.15, 0.2) is 11.3 Å². The summed E-state index contributed by atoms with van der Waals surface area (Å²) in [6.45, 7) is 5.37. The van der Waals surface area contributed by atoms with Crippen LogP contribution in [-0.2, 0) is 6.54 Å². The van der Waals surface area contributed by atoms with Crippen molar-refractivity contribution in [2.75, 3.05) is 6.54 Å². The van der Waals surface area contributed by atoms with Gasteiger partial charge in [0.25, 0.3) is 5.91 Å². The van der Waals surface area contributed by atoms with Crippen LogP contribution in [0.15, 0.2) is 30.6 Å². The molecule has 22 heavy (non-hydrogen) atoms. The van der Waals surface area contributed by atoms with Gasteiger partial charge >= 0.3 is 0 Å². The Morgan fingerprint density at radius 2 is 2.14 bits per heavy atom. The first-order valence-electron chi connectivity index (χ1n) is 7.23. The van der Waals surface area contributed by atoms with Gasteiger partial charge in [-0.05, 0) is 32.4 Å². The van der Waals surface area contributed by atoms with Gasteiger partial charge in [-0.15, -0.1) is 0 Å². The number of nitrogens with zero attached hydrogens (tertiary/aromatic N) is 5. The summed E-state index contributed by atoms with van der Waals surface area (Å²) < 4.78 is 3.54. The maximum absolute atomic E-state index is 12.1. The van der Waals surface area contributed by atoms with Gasteiger partial charge < -0.3 is 5.32 Å². The lowest BCUT2D eigenvalue weighted by molar-refractivity contribution is 0.0947. The molecule has 0 radical (unpaired) electrons. The molecule has 0 aliphatic rings. The fraction of sp³-hybridized carbons (Fsp3) is 0.333. The smallest absolute Gasteiger partial charge is 0.271 e. The standard InChI is InChI=1S/C15H18N6O/c1-11-9-12(2)20(18-11)7-4-6-17-15(22)13-10-14-16-5-3-8-21(14)19-13/h3,5,8-10H,4,6-7H2,1-2H3,(H,17,22). The van der Waals surface area contributed by atoms with Crippen molar-refractivity contribution in [3.63, 3.8) is 0 Å². The van der Waals surface area contributed by atoms with E-state index >= 15 is 0 Å². The Balaban J connectivity index is 1.53. The molecule has 3 aromatic rings. The number of amides is 1. The molecule has 3 aromatic heterocycles. The van der Waals surface area contributed by atoms with Crippen LogP contribution in [0, 0.1) is 13.8 Å². The average molecular weight is 298 g/mol. The summed E-state index contributed by atoms with van der Waals surface area (Å²) in [5.74, 6) is -0.182. The summed E-state index contributed by atoms with van der Waals surface area (Å²) in [7, 11) is 0. The monoisotopic (exact) mass is 298 g/mol. The predicted molar refractivity (Wildman–Crippen MR) is 81.6 cm³/mol. The van der Waals surface area contributed by atoms with Gasteiger partial charge in [-0.25, -0.2) is 9.50 Å². The second-order valence-electron chi connectivity index (χ2n) is 5.21. The highest BCUT2D eigenvalue weighted by atomic mass is 16.1. The zero-order chi connectivity index (χ0) is 15.5. The van der Waals surface area contributed by atoms with E-state index < -0.39 is 0 Å². The Hall–Kier alpha value is -2.70. The number of rotatable bonds is 5. The van der Waals surface area contributed by atoms with Gasteiger partial charge in [-0.2, -0.15) is 10.2 Å². The van der Waals surface area contributed by atoms with E-state index in [-0.39, 0.29) is 5.91 Å². The maximum Gasteiger partial charge on any atom is 0.271 e. The first kappa shape index (κ1) is 14.2. The highest BCUT2D eigenvalue weighted by Gasteiger charge is 2.10. The van der Waals surface area contributed by atoms with E-state index in [9.17, 15) is 4.79 Å². The van der Waals surface area contributed by atoms with Gasteiger partial charge in [0, 0.05) is 37.2 Å². The molecule has 3 rings (SSSR count). The Kier molecular flexibility index (Phi) is 3.86. The molecule has 0 fully saturated rings. The number of nitrogens with one attached hydrogen (secondary N) is 1. The minimum absolute atomic E-state index is 0.182. The molecule has 0 bridgehead atoms. The van der Waals surface area contributed by atoms with Crippen molar-refractivity contribution in [1.29, 1.82) is 0 Å². The van der Waals surface area contributed by atoms with Crippen LogP contribution in [0.5, 0.6) is 0 Å². The first-order valence-corrected chi connectivity index (χ1v) is 7.23. The van der Waals surface area contributed by atoms with Crippen LogP contribution in [0.2, 0.25) is 0 Å². The van der Waals surface area contributed by atoms with Crippen molar-refractivity contribution in [3.05, 3.63) is 47.7 Å². The number of aryl methyl sites for hydroxylation is 3. The lowest BCUT2D eigenvalue weighted by Gasteiger charge is -2.05. The molecule has 1 N–H and O–H groups in total. The Morgan fingerprint density at radius 1 is 1.27 bits per heavy atom. The Labute approximate surface area is 128 Å². The zero-order valence-electron chi connectivity index (χ0n) is 12.7. The normalized spacial score (nSPS) is 11.0. The molecule has 0 atom stereocenters. The van der Waals surface area contributed by atoms with E-state index in [0.29, 0.717) is 17.9 Å². The Bertz CT molecular complexity index is 770. The van der Waals surface area contributed by atoms with Crippen LogP contribution < -0.4 is 5.32 Å². The van der Waals surface area contributed by atoms with Crippen molar-refractivity contribution in [2.45, 2.75) is 26.8 Å². The third-order valence-electron chi connectivity index (χ3n) is 3.40. The second kappa shape index (κ2) is 5.97. The van der Waals surface area contributed by atoms with Crippen LogP contribution in [0.3, 0.4) is 0 Å². The third kappa shape index (κ3) is 2.98. The quantitative estimate of drug-likeness (QED) is 0.722. The number of fused-ring (bicyclic) bond motifs is 1. The topological polar surface area (TPSA) is 77.1 Å². The van der Waals surface area contributed by atoms with Crippen molar-refractivity contribution in [3.8, 4) is 0 Å². The summed E-state index contributed by atoms with van der Waals surface area (Å²) in [6, 6.07) is 5.49. The molecule has 0 aliphatic heterocycles. The summed E-state index contributed by atoms with van der Waals surface area (Å²) in [5.41, 5.74) is 3.19. The molecule has 0 saturated carbocycles. The summed E-state index contributed by atoms with van der Waals surface area (Å²) in [6.07, 6.45) is 4.26. The minimum Gasteiger partial charge on any atom is -0.351 e. The molecule has 114 valence electrons. The van der Waals surface area contributed by atoms with Crippen LogP contribution in [0.25, 0.3) is 5.65 Å². The predicted octanol–water partition coefficient (Wildman–Crippen LogP) is 1.36. The number of carbonyl (C=O) groups excluding carboxylic acids is 1. The molecule has 1 amide bonds. The van der Waals surface area contributed by atoms with Gasteiger partial charge in [0.2, 0.25) is 0 Å². The van der Waals surface area contributed by atoms with E-state index in [1.807, 2.05) is 24.6 Å². The molecule has 0 unspecified atom stereocenters. The lowest BCUT2D eigenvalue weighted by atomic mass is 10.3. The highest BCUT2D eigenvalue weighted by Crippen LogP contribution is 2.04. The minimum atomic E-state index is -0.182. The number of aromatic nitrogens is 5.